The van der Waals surface area contributed by atoms with Gasteiger partial charge in [0.1, 0.15) is 5.82 Å². The lowest BCUT2D eigenvalue weighted by Crippen LogP contribution is -2.27. The minimum Gasteiger partial charge on any atom is -0.369 e. The number of likely N-dealkylation sites (N-methyl/N-ethyl adjacent to an activating group) is 1. The Bertz CT molecular complexity index is 1550. The molecule has 0 atom stereocenters. The molecular weight excluding hydrogens is 554 g/mol. The molecule has 1 N–H and O–H groups in total. The van der Waals surface area contributed by atoms with Gasteiger partial charge in [-0.2, -0.15) is 13.4 Å². The fourth-order valence-corrected chi connectivity index (χ4v) is 5.83. The van der Waals surface area contributed by atoms with E-state index in [0.29, 0.717) is 39.2 Å². The number of ketones is 2. The fraction of sp³-hybridized carbons (Fsp3) is 0.296. The topological polar surface area (TPSA) is 142 Å². The van der Waals surface area contributed by atoms with Crippen molar-refractivity contribution in [2.45, 2.75) is 19.8 Å². The number of fused-ring (bicyclic) bond motifs is 1. The highest BCUT2D eigenvalue weighted by atomic mass is 32.3. The van der Waals surface area contributed by atoms with Crippen LogP contribution >= 0.6 is 11.3 Å². The molecule has 0 spiro atoms. The second-order valence-electron chi connectivity index (χ2n) is 9.19. The first-order chi connectivity index (χ1) is 19.2. The van der Waals surface area contributed by atoms with Crippen LogP contribution in [0, 0.1) is 0 Å². The lowest BCUT2D eigenvalue weighted by Gasteiger charge is -2.22. The van der Waals surface area contributed by atoms with Crippen molar-refractivity contribution in [1.29, 1.82) is 0 Å². The highest BCUT2D eigenvalue weighted by molar-refractivity contribution is 7.80. The smallest absolute Gasteiger partial charge is 0.369 e. The number of hydrogen-bond donors (Lipinski definition) is 1. The predicted molar refractivity (Wildman–Crippen MR) is 153 cm³/mol. The highest BCUT2D eigenvalue weighted by Gasteiger charge is 2.33. The second-order valence-corrected chi connectivity index (χ2v) is 11.3. The lowest BCUT2D eigenvalue weighted by molar-refractivity contribution is 0.0990. The second kappa shape index (κ2) is 11.8. The van der Waals surface area contributed by atoms with Crippen LogP contribution in [-0.2, 0) is 14.6 Å². The Morgan fingerprint density at radius 2 is 1.70 bits per heavy atom. The van der Waals surface area contributed by atoms with Crippen LogP contribution < -0.4 is 9.80 Å². The van der Waals surface area contributed by atoms with E-state index in [1.165, 1.54) is 11.3 Å². The van der Waals surface area contributed by atoms with Gasteiger partial charge in [-0.1, -0.05) is 35.6 Å². The van der Waals surface area contributed by atoms with Crippen LogP contribution in [0.2, 0.25) is 0 Å². The zero-order valence-corrected chi connectivity index (χ0v) is 23.3. The Kier molecular flexibility index (Phi) is 8.17. The van der Waals surface area contributed by atoms with Crippen LogP contribution in [0.25, 0.3) is 6.08 Å². The van der Waals surface area contributed by atoms with Crippen LogP contribution in [0.1, 0.15) is 45.4 Å². The molecular formula is C27H27N5O6S2. The fourth-order valence-electron chi connectivity index (χ4n) is 4.69. The van der Waals surface area contributed by atoms with Gasteiger partial charge >= 0.3 is 10.4 Å². The van der Waals surface area contributed by atoms with Crippen LogP contribution in [0.15, 0.2) is 64.3 Å². The number of hydrogen-bond acceptors (Lipinski definition) is 11. The highest BCUT2D eigenvalue weighted by Crippen LogP contribution is 2.38. The number of benzene rings is 2. The van der Waals surface area contributed by atoms with E-state index in [1.54, 1.807) is 42.5 Å². The minimum absolute atomic E-state index is 0.131. The van der Waals surface area contributed by atoms with Gasteiger partial charge < -0.3 is 9.80 Å². The molecule has 40 heavy (non-hydrogen) atoms. The van der Waals surface area contributed by atoms with E-state index >= 15 is 0 Å². The predicted octanol–water partition coefficient (Wildman–Crippen LogP) is 5.27. The third kappa shape index (κ3) is 6.17. The van der Waals surface area contributed by atoms with E-state index in [9.17, 15) is 18.0 Å². The summed E-state index contributed by atoms with van der Waals surface area (Å²) in [5.74, 6) is 0.132. The number of Topliss-reactive ketones (excluding diaryl/α,β-unsaturated/α-hetero) is 2. The maximum absolute atomic E-state index is 13.0. The molecule has 0 unspecified atom stereocenters. The van der Waals surface area contributed by atoms with Crippen molar-refractivity contribution in [1.82, 2.24) is 4.98 Å². The van der Waals surface area contributed by atoms with Crippen molar-refractivity contribution in [2.24, 2.45) is 10.2 Å². The van der Waals surface area contributed by atoms with Crippen LogP contribution in [0.3, 0.4) is 0 Å². The third-order valence-corrected chi connectivity index (χ3v) is 7.99. The van der Waals surface area contributed by atoms with Gasteiger partial charge in [0.2, 0.25) is 5.13 Å². The Morgan fingerprint density at radius 3 is 2.30 bits per heavy atom. The number of aromatic nitrogens is 1. The number of rotatable bonds is 10. The molecule has 5 rings (SSSR count). The summed E-state index contributed by atoms with van der Waals surface area (Å²) >= 11 is 1.27. The van der Waals surface area contributed by atoms with Gasteiger partial charge in [-0.05, 0) is 50.1 Å². The molecule has 0 bridgehead atoms. The van der Waals surface area contributed by atoms with Crippen molar-refractivity contribution in [2.75, 3.05) is 42.6 Å². The summed E-state index contributed by atoms with van der Waals surface area (Å²) in [6, 6.07) is 14.0. The Hall–Kier alpha value is -3.78. The van der Waals surface area contributed by atoms with Gasteiger partial charge in [-0.15, -0.1) is 10.2 Å². The van der Waals surface area contributed by atoms with E-state index in [1.807, 2.05) is 24.0 Å². The summed E-state index contributed by atoms with van der Waals surface area (Å²) in [6.07, 6.45) is 3.71. The van der Waals surface area contributed by atoms with Gasteiger partial charge in [0.15, 0.2) is 11.6 Å². The number of thiazole rings is 1. The minimum atomic E-state index is -4.48. The molecule has 13 heteroatoms. The molecule has 11 nitrogen and oxygen atoms in total. The molecule has 1 aliphatic carbocycles. The Balaban J connectivity index is 1.35. The Morgan fingerprint density at radius 1 is 1.05 bits per heavy atom. The molecule has 1 fully saturated rings. The Labute approximate surface area is 235 Å². The normalized spacial score (nSPS) is 15.3. The standard InChI is InChI=1S/C27H27N5O6S2/c1-2-31(15-16-38-40(35,36)37)19-11-9-18(10-12-19)29-30-27-28-26(32-13-5-6-14-32)23(39-27)17-22-24(33)20-7-3-4-8-21(20)25(22)34/h3-4,7-12,17H,2,5-6,13-16H2,1H3,(H,35,36,37)/b30-29+. The van der Waals surface area contributed by atoms with Crippen LogP contribution in [-0.4, -0.2) is 62.3 Å². The van der Waals surface area contributed by atoms with Crippen molar-refractivity contribution in [3.05, 3.63) is 70.1 Å². The van der Waals surface area contributed by atoms with Crippen molar-refractivity contribution < 1.29 is 26.7 Å². The van der Waals surface area contributed by atoms with E-state index in [0.717, 1.165) is 31.6 Å². The summed E-state index contributed by atoms with van der Waals surface area (Å²) in [6.45, 7) is 4.28. The van der Waals surface area contributed by atoms with Crippen LogP contribution in [0.4, 0.5) is 22.3 Å². The molecule has 1 aliphatic heterocycles. The first-order valence-corrected chi connectivity index (χ1v) is 15.0. The van der Waals surface area contributed by atoms with Gasteiger partial charge in [-0.3, -0.25) is 14.1 Å². The van der Waals surface area contributed by atoms with E-state index in [-0.39, 0.29) is 30.3 Å². The average Bonchev–Trinajstić information content (AvgIpc) is 3.66. The van der Waals surface area contributed by atoms with Gasteiger partial charge in [0, 0.05) is 43.0 Å². The zero-order chi connectivity index (χ0) is 28.3. The molecule has 1 aromatic heterocycles. The molecule has 0 saturated carbocycles. The quantitative estimate of drug-likeness (QED) is 0.147. The molecule has 0 amide bonds. The largest absolute Gasteiger partial charge is 0.397 e. The summed E-state index contributed by atoms with van der Waals surface area (Å²) in [7, 11) is -4.48. The average molecular weight is 582 g/mol. The number of carbonyl (C=O) groups is 2. The molecule has 0 radical (unpaired) electrons. The summed E-state index contributed by atoms with van der Waals surface area (Å²) in [5.41, 5.74) is 2.38. The lowest BCUT2D eigenvalue weighted by atomic mass is 10.1. The first kappa shape index (κ1) is 27.8. The van der Waals surface area contributed by atoms with E-state index in [2.05, 4.69) is 24.3 Å². The summed E-state index contributed by atoms with van der Waals surface area (Å²) in [5, 5.41) is 9.06. The summed E-state index contributed by atoms with van der Waals surface area (Å²) in [4.78, 5) is 35.3. The molecule has 208 valence electrons. The molecule has 2 heterocycles. The molecule has 2 aromatic carbocycles. The zero-order valence-electron chi connectivity index (χ0n) is 21.7. The molecule has 1 saturated heterocycles. The van der Waals surface area contributed by atoms with Crippen LogP contribution in [0.5, 0.6) is 0 Å². The maximum atomic E-state index is 13.0. The van der Waals surface area contributed by atoms with Gasteiger partial charge in [0.05, 0.1) is 22.7 Å². The van der Waals surface area contributed by atoms with Crippen molar-refractivity contribution >= 4 is 61.7 Å². The number of allylic oxidation sites excluding steroid dienone is 1. The monoisotopic (exact) mass is 581 g/mol. The molecule has 3 aromatic rings. The summed E-state index contributed by atoms with van der Waals surface area (Å²) < 4.78 is 34.7. The SMILES string of the molecule is CCN(CCOS(=O)(=O)O)c1ccc(/N=N/c2nc(N3CCCC3)c(C=C3C(=O)c4ccccc4C3=O)s2)cc1. The number of nitrogens with zero attached hydrogens (tertiary/aromatic N) is 5. The van der Waals surface area contributed by atoms with Crippen molar-refractivity contribution in [3.8, 4) is 0 Å². The van der Waals surface area contributed by atoms with E-state index < -0.39 is 10.4 Å². The number of azo groups is 1. The molecule has 2 aliphatic rings. The first-order valence-electron chi connectivity index (χ1n) is 12.8. The number of anilines is 2. The van der Waals surface area contributed by atoms with Gasteiger partial charge in [0.25, 0.3) is 0 Å². The van der Waals surface area contributed by atoms with E-state index in [4.69, 9.17) is 4.55 Å². The maximum Gasteiger partial charge on any atom is 0.397 e. The van der Waals surface area contributed by atoms with Gasteiger partial charge in [-0.25, -0.2) is 4.18 Å². The van der Waals surface area contributed by atoms with Crippen molar-refractivity contribution in [3.63, 3.8) is 0 Å². The number of carbonyl (C=O) groups excluding carboxylic acids is 2. The third-order valence-electron chi connectivity index (χ3n) is 6.65.